The van der Waals surface area contributed by atoms with Crippen LogP contribution in [0.2, 0.25) is 29.6 Å². The first-order valence-electron chi connectivity index (χ1n) is 7.66. The van der Waals surface area contributed by atoms with Gasteiger partial charge in [0.05, 0.1) is 11.6 Å². The van der Waals surface area contributed by atoms with Crippen LogP contribution in [-0.4, -0.2) is 39.5 Å². The summed E-state index contributed by atoms with van der Waals surface area (Å²) in [6.45, 7) is 0. The number of hydrogen-bond donors (Lipinski definition) is 0. The van der Waals surface area contributed by atoms with Crippen molar-refractivity contribution in [3.63, 3.8) is 0 Å². The molecule has 1 nitrogen and oxygen atoms in total. The van der Waals surface area contributed by atoms with Crippen molar-refractivity contribution >= 4 is 54.1 Å². The molecule has 0 aliphatic rings. The molecular weight excluding hydrogens is 511 g/mol. The Bertz CT molecular complexity index is 573. The van der Waals surface area contributed by atoms with Crippen molar-refractivity contribution in [1.29, 1.82) is 5.26 Å². The van der Waals surface area contributed by atoms with Gasteiger partial charge in [0.2, 0.25) is 0 Å². The predicted octanol–water partition coefficient (Wildman–Crippen LogP) is 5.47. The third kappa shape index (κ3) is 13.0. The number of nitriles is 1. The molecule has 0 N–H and O–H groups in total. The van der Waals surface area contributed by atoms with Crippen molar-refractivity contribution in [3.8, 4) is 17.2 Å². The van der Waals surface area contributed by atoms with Crippen molar-refractivity contribution in [2.75, 3.05) is 0 Å². The Balaban J connectivity index is 0.000000509. The summed E-state index contributed by atoms with van der Waals surface area (Å²) in [5, 5.41) is 9.86. The zero-order valence-corrected chi connectivity index (χ0v) is 22.0. The van der Waals surface area contributed by atoms with E-state index >= 15 is 0 Å². The Labute approximate surface area is 159 Å². The zero-order chi connectivity index (χ0) is 17.8. The molecule has 122 valence electrons. The maximum atomic E-state index is 8.68. The summed E-state index contributed by atoms with van der Waals surface area (Å²) in [5.74, 6) is 0. The molecule has 0 aromatic heterocycles. The van der Waals surface area contributed by atoms with E-state index in [1.54, 1.807) is 0 Å². The van der Waals surface area contributed by atoms with Gasteiger partial charge < -0.3 is 0 Å². The number of hydrogen-bond acceptors (Lipinski definition) is 1. The molecule has 0 saturated carbocycles. The van der Waals surface area contributed by atoms with E-state index in [0.717, 1.165) is 5.56 Å². The summed E-state index contributed by atoms with van der Waals surface area (Å²) in [5.41, 5.74) is 3.01. The summed E-state index contributed by atoms with van der Waals surface area (Å²) in [6, 6.07) is 18.0. The monoisotopic (exact) mass is 541 g/mol. The van der Waals surface area contributed by atoms with Gasteiger partial charge in [0.1, 0.15) is 0 Å². The molecule has 4 heteroatoms. The van der Waals surface area contributed by atoms with Gasteiger partial charge in [-0.15, -0.1) is 9.24 Å². The SMILES string of the molecule is N#Cc1ccc(-c2ccc(P)cc2)cc1.[CH3][Sn]([CH3])[CH3].[CH3][Sn]([CH3])[CH3]. The second-order valence-electron chi connectivity index (χ2n) is 6.31. The minimum absolute atomic E-state index is 0.543. The van der Waals surface area contributed by atoms with Crippen molar-refractivity contribution in [3.05, 3.63) is 54.1 Å². The van der Waals surface area contributed by atoms with E-state index in [0.29, 0.717) is 5.56 Å². The van der Waals surface area contributed by atoms with Crippen molar-refractivity contribution < 1.29 is 0 Å². The van der Waals surface area contributed by atoms with Gasteiger partial charge >= 0.3 is 69.2 Å². The summed E-state index contributed by atoms with van der Waals surface area (Å²) >= 11 is -1.09. The fourth-order valence-corrected chi connectivity index (χ4v) is 1.61. The normalized spacial score (nSPS) is 9.39. The van der Waals surface area contributed by atoms with E-state index in [9.17, 15) is 0 Å². The van der Waals surface area contributed by atoms with E-state index < -0.39 is 39.5 Å². The topological polar surface area (TPSA) is 23.8 Å². The van der Waals surface area contributed by atoms with E-state index in [2.05, 4.69) is 69.2 Å². The van der Waals surface area contributed by atoms with Crippen LogP contribution >= 0.6 is 9.24 Å². The van der Waals surface area contributed by atoms with Crippen molar-refractivity contribution in [2.24, 2.45) is 0 Å². The first kappa shape index (κ1) is 23.0. The van der Waals surface area contributed by atoms with Crippen LogP contribution in [0.1, 0.15) is 5.56 Å². The van der Waals surface area contributed by atoms with Gasteiger partial charge in [-0.1, -0.05) is 36.4 Å². The third-order valence-corrected chi connectivity index (χ3v) is 2.64. The number of benzene rings is 2. The molecule has 0 saturated heterocycles. The first-order valence-corrected chi connectivity index (χ1v) is 25.4. The summed E-state index contributed by atoms with van der Waals surface area (Å²) in [4.78, 5) is 14.2. The van der Waals surface area contributed by atoms with Crippen LogP contribution in [0, 0.1) is 11.3 Å². The summed E-state index contributed by atoms with van der Waals surface area (Å²) < 4.78 is 0. The molecule has 2 radical (unpaired) electrons. The molecule has 0 bridgehead atoms. The van der Waals surface area contributed by atoms with Crippen molar-refractivity contribution in [1.82, 2.24) is 0 Å². The predicted molar refractivity (Wildman–Crippen MR) is 113 cm³/mol. The molecule has 1 unspecified atom stereocenters. The van der Waals surface area contributed by atoms with Crippen LogP contribution in [0.4, 0.5) is 0 Å². The van der Waals surface area contributed by atoms with E-state index in [1.807, 2.05) is 24.3 Å². The summed E-state index contributed by atoms with van der Waals surface area (Å²) in [6.07, 6.45) is 0. The van der Waals surface area contributed by atoms with E-state index in [1.165, 1.54) is 10.9 Å². The average molecular weight is 539 g/mol. The zero-order valence-electron chi connectivity index (χ0n) is 15.1. The van der Waals surface area contributed by atoms with Gasteiger partial charge in [0, 0.05) is 0 Å². The second-order valence-corrected chi connectivity index (χ2v) is 24.1. The van der Waals surface area contributed by atoms with Crippen LogP contribution in [-0.2, 0) is 0 Å². The molecule has 2 aromatic rings. The molecule has 0 spiro atoms. The number of nitrogens with zero attached hydrogens (tertiary/aromatic N) is 1. The molecule has 23 heavy (non-hydrogen) atoms. The molecular formula is C19H28NPSn2. The molecule has 2 aromatic carbocycles. The minimum atomic E-state index is -0.543. The van der Waals surface area contributed by atoms with Crippen molar-refractivity contribution in [2.45, 2.75) is 29.6 Å². The Morgan fingerprint density at radius 1 is 0.696 bits per heavy atom. The van der Waals surface area contributed by atoms with Gasteiger partial charge in [-0.3, -0.25) is 0 Å². The fourth-order valence-electron chi connectivity index (χ4n) is 1.41. The molecule has 1 atom stereocenters. The third-order valence-electron chi connectivity index (χ3n) is 2.26. The maximum absolute atomic E-state index is 8.68. The van der Waals surface area contributed by atoms with Gasteiger partial charge in [-0.05, 0) is 28.6 Å². The van der Waals surface area contributed by atoms with Gasteiger partial charge in [-0.2, -0.15) is 5.26 Å². The Hall–Kier alpha value is -0.0426. The second kappa shape index (κ2) is 13.3. The Kier molecular flexibility index (Phi) is 13.2. The van der Waals surface area contributed by atoms with Crippen LogP contribution in [0.25, 0.3) is 11.1 Å². The number of rotatable bonds is 1. The first-order chi connectivity index (χ1) is 10.8. The molecule has 0 heterocycles. The summed E-state index contributed by atoms with van der Waals surface area (Å²) in [7, 11) is 2.66. The molecule has 0 aliphatic carbocycles. The van der Waals surface area contributed by atoms with Crippen LogP contribution < -0.4 is 5.30 Å². The van der Waals surface area contributed by atoms with Crippen LogP contribution in [0.3, 0.4) is 0 Å². The van der Waals surface area contributed by atoms with Gasteiger partial charge in [0.25, 0.3) is 0 Å². The van der Waals surface area contributed by atoms with Crippen LogP contribution in [0.5, 0.6) is 0 Å². The average Bonchev–Trinajstić information content (AvgIpc) is 2.47. The Morgan fingerprint density at radius 3 is 1.30 bits per heavy atom. The molecule has 0 aliphatic heterocycles. The van der Waals surface area contributed by atoms with Crippen LogP contribution in [0.15, 0.2) is 48.5 Å². The van der Waals surface area contributed by atoms with Gasteiger partial charge in [0.15, 0.2) is 0 Å². The molecule has 0 fully saturated rings. The fraction of sp³-hybridized carbons (Fsp3) is 0.316. The molecule has 2 rings (SSSR count). The quantitative estimate of drug-likeness (QED) is 0.349. The standard InChI is InChI=1S/C13H10NP.6CH3.2Sn/c14-9-10-1-3-11(4-2-10)12-5-7-13(15)8-6-12;;;;;;;;/h1-8H,15H2;6*1H3;;. The van der Waals surface area contributed by atoms with Gasteiger partial charge in [-0.25, -0.2) is 0 Å². The van der Waals surface area contributed by atoms with E-state index in [-0.39, 0.29) is 0 Å². The molecule has 0 amide bonds. The van der Waals surface area contributed by atoms with E-state index in [4.69, 9.17) is 5.26 Å². The Morgan fingerprint density at radius 2 is 1.00 bits per heavy atom.